The summed E-state index contributed by atoms with van der Waals surface area (Å²) in [7, 11) is 0. The minimum absolute atomic E-state index is 0. The number of Topliss-reactive ketones (excluding diaryl/α,β-unsaturated/α-hetero) is 2. The summed E-state index contributed by atoms with van der Waals surface area (Å²) < 4.78 is 29.2. The van der Waals surface area contributed by atoms with Crippen LogP contribution < -0.4 is 0 Å². The number of aromatic nitrogens is 5. The Labute approximate surface area is 604 Å². The van der Waals surface area contributed by atoms with Gasteiger partial charge in [0.2, 0.25) is 0 Å². The molecule has 95 heavy (non-hydrogen) atoms. The van der Waals surface area contributed by atoms with Crippen LogP contribution in [0, 0.1) is 24.3 Å². The smallest absolute Gasteiger partial charge is 0.266 e. The van der Waals surface area contributed by atoms with Gasteiger partial charge in [0.15, 0.2) is 17.3 Å². The Balaban J connectivity index is 0.000000184. The largest absolute Gasteiger partial charge is 0.512 e. The van der Waals surface area contributed by atoms with Gasteiger partial charge in [0.25, 0.3) is 5.92 Å². The molecule has 0 spiro atoms. The van der Waals surface area contributed by atoms with Crippen molar-refractivity contribution in [1.82, 2.24) is 24.9 Å². The van der Waals surface area contributed by atoms with Gasteiger partial charge >= 0.3 is 0 Å². The van der Waals surface area contributed by atoms with Gasteiger partial charge < -0.3 is 25.2 Å². The first kappa shape index (κ1) is 75.1. The maximum atomic E-state index is 14.6. The number of nitrogens with zero attached hydrogens (tertiary/aromatic N) is 5. The molecule has 4 heterocycles. The molecule has 0 fully saturated rings. The molecule has 484 valence electrons. The first-order valence-electron chi connectivity index (χ1n) is 29.3. The van der Waals surface area contributed by atoms with E-state index in [-0.39, 0.29) is 126 Å². The van der Waals surface area contributed by atoms with Crippen molar-refractivity contribution in [3.05, 3.63) is 308 Å². The Morgan fingerprint density at radius 1 is 0.474 bits per heavy atom. The Morgan fingerprint density at radius 2 is 0.926 bits per heavy atom. The zero-order valence-electron chi connectivity index (χ0n) is 51.3. The molecule has 0 unspecified atom stereocenters. The van der Waals surface area contributed by atoms with Crippen molar-refractivity contribution in [1.29, 1.82) is 0 Å². The Morgan fingerprint density at radius 3 is 1.41 bits per heavy atom. The maximum absolute atomic E-state index is 14.6. The summed E-state index contributed by atoms with van der Waals surface area (Å²) in [6.45, 7) is 4.15. The first-order valence-corrected chi connectivity index (χ1v) is 29.3. The number of aliphatic hydroxyl groups is 2. The van der Waals surface area contributed by atoms with Crippen molar-refractivity contribution < 1.29 is 114 Å². The Bertz CT molecular complexity index is 4590. The molecule has 4 radical (unpaired) electrons. The van der Waals surface area contributed by atoms with Crippen LogP contribution in [-0.2, 0) is 101 Å². The van der Waals surface area contributed by atoms with Crippen LogP contribution >= 0.6 is 0 Å². The quantitative estimate of drug-likeness (QED) is 0.0711. The molecule has 0 saturated carbocycles. The number of carbonyl (C=O) groups excluding carboxylic acids is 3. The molecule has 0 aliphatic heterocycles. The van der Waals surface area contributed by atoms with Crippen molar-refractivity contribution in [3.8, 4) is 56.3 Å². The van der Waals surface area contributed by atoms with E-state index in [0.29, 0.717) is 35.9 Å². The number of carbonyl (C=O) groups is 3. The van der Waals surface area contributed by atoms with Gasteiger partial charge in [0, 0.05) is 129 Å². The molecule has 0 amide bonds. The zero-order chi connectivity index (χ0) is 63.7. The molecule has 4 aromatic heterocycles. The number of halogens is 2. The van der Waals surface area contributed by atoms with E-state index >= 15 is 0 Å². The van der Waals surface area contributed by atoms with Crippen LogP contribution in [0.25, 0.3) is 99.6 Å². The summed E-state index contributed by atoms with van der Waals surface area (Å²) in [5.41, 5.74) is 10.7. The van der Waals surface area contributed by atoms with Crippen LogP contribution in [0.4, 0.5) is 8.78 Å². The fourth-order valence-electron chi connectivity index (χ4n) is 10.5. The van der Waals surface area contributed by atoms with Gasteiger partial charge in [-0.25, -0.2) is 8.78 Å². The van der Waals surface area contributed by atoms with Crippen molar-refractivity contribution >= 4 is 60.7 Å². The Kier molecular flexibility index (Phi) is 28.6. The molecular formula is C79H59F2Ir4N5O5-4. The van der Waals surface area contributed by atoms with E-state index in [1.807, 2.05) is 170 Å². The summed E-state index contributed by atoms with van der Waals surface area (Å²) >= 11 is 0. The van der Waals surface area contributed by atoms with E-state index in [1.54, 1.807) is 30.5 Å². The topological polar surface area (TPSA) is 156 Å². The van der Waals surface area contributed by atoms with Crippen LogP contribution in [0.2, 0.25) is 0 Å². The first-order chi connectivity index (χ1) is 44.3. The number of pyridine rings is 3. The number of allylic oxidation sites excluding steroid dienone is 4. The molecule has 10 nitrogen and oxygen atoms in total. The summed E-state index contributed by atoms with van der Waals surface area (Å²) in [4.78, 5) is 54.6. The van der Waals surface area contributed by atoms with E-state index in [9.17, 15) is 23.2 Å². The van der Waals surface area contributed by atoms with Crippen molar-refractivity contribution in [2.24, 2.45) is 0 Å². The number of hydrogen-bond acceptors (Lipinski definition) is 10. The molecule has 15 rings (SSSR count). The fourth-order valence-corrected chi connectivity index (χ4v) is 10.5. The molecule has 9 aromatic carbocycles. The van der Waals surface area contributed by atoms with Gasteiger partial charge in [-0.15, -0.1) is 138 Å². The Hall–Kier alpha value is -8.90. The summed E-state index contributed by atoms with van der Waals surface area (Å²) in [6, 6.07) is 86.4. The van der Waals surface area contributed by atoms with Crippen LogP contribution in [0.5, 0.6) is 0 Å². The van der Waals surface area contributed by atoms with Crippen molar-refractivity contribution in [2.75, 3.05) is 0 Å². The molecular weight excluding hydrogens is 1910 g/mol. The molecule has 0 atom stereocenters. The number of ketones is 3. The number of fused-ring (bicyclic) bond motifs is 5. The maximum Gasteiger partial charge on any atom is 0.266 e. The van der Waals surface area contributed by atoms with E-state index in [2.05, 4.69) is 75.6 Å². The van der Waals surface area contributed by atoms with E-state index < -0.39 is 5.92 Å². The van der Waals surface area contributed by atoms with Gasteiger partial charge in [-0.3, -0.25) is 24.4 Å². The second kappa shape index (κ2) is 36.1. The minimum atomic E-state index is -3.00. The van der Waals surface area contributed by atoms with Gasteiger partial charge in [0.05, 0.1) is 28.1 Å². The summed E-state index contributed by atoms with van der Waals surface area (Å²) in [5.74, 6) is -3.64. The minimum Gasteiger partial charge on any atom is -0.512 e. The number of para-hydroxylation sites is 2. The van der Waals surface area contributed by atoms with Crippen molar-refractivity contribution in [2.45, 2.75) is 46.0 Å². The average Bonchev–Trinajstić information content (AvgIpc) is 0.727. The van der Waals surface area contributed by atoms with Gasteiger partial charge in [-0.05, 0) is 112 Å². The molecule has 16 heteroatoms. The molecule has 2 aliphatic rings. The SMILES string of the molecule is CC(=O)C1=C(O)CCCC1=O.CC(=O)C=C(C)O.FC1(F)c2ccc[c-]c2-c2nccc3cccc1c23.[Ir].[Ir].[Ir].[Ir].[c-]1ccccc1-c1nc2ccccc2nc1-c1ccccc1.[c-]1ccccc1-c1nccc2ccccc12.[c-]1ccccc1-c1nccc2ccccc12. The number of benzene rings is 9. The molecule has 0 saturated heterocycles. The number of aliphatic hydroxyl groups excluding tert-OH is 2. The molecule has 2 aliphatic carbocycles. The van der Waals surface area contributed by atoms with Gasteiger partial charge in [0.1, 0.15) is 5.76 Å². The average molecular weight is 1970 g/mol. The zero-order valence-corrected chi connectivity index (χ0v) is 60.9. The van der Waals surface area contributed by atoms with Gasteiger partial charge in [-0.1, -0.05) is 115 Å². The van der Waals surface area contributed by atoms with Gasteiger partial charge in [-0.2, -0.15) is 0 Å². The second-order valence-corrected chi connectivity index (χ2v) is 21.0. The standard InChI is InChI=1S/C20H13N2.C16H8F2N.2C15H10N.C8H10O3.C5H8O2.4Ir/c1-3-9-15(10-4-1)19-20(16-11-5-2-6-12-16)22-18-14-8-7-13-17(18)21-19;17-16(18)12-6-2-1-5-11(12)15-14-10(8-9-19-15)4-3-7-13(14)16;2*1-2-7-13(8-3-1)15-14-9-5-4-6-12(14)10-11-16-15;1-5(9)8-6(10)3-2-4-7(8)11;1-4(6)3-5(2)7;;;;/h1-11,13-14H;1-4,6-9H;2*1-7,9-11H;10H,2-4H2,1H3;3,6H,1-2H3;;;;/q4*-1;;;;;;. The van der Waals surface area contributed by atoms with Crippen LogP contribution in [0.3, 0.4) is 0 Å². The molecule has 2 N–H and O–H groups in total. The third-order valence-electron chi connectivity index (χ3n) is 14.6. The summed E-state index contributed by atoms with van der Waals surface area (Å²) in [5, 5.41) is 23.6. The second-order valence-electron chi connectivity index (χ2n) is 21.0. The molecule has 0 bridgehead atoms. The van der Waals surface area contributed by atoms with E-state index in [0.717, 1.165) is 61.4 Å². The van der Waals surface area contributed by atoms with E-state index in [4.69, 9.17) is 20.2 Å². The van der Waals surface area contributed by atoms with E-state index in [1.165, 1.54) is 60.5 Å². The van der Waals surface area contributed by atoms with Crippen LogP contribution in [-0.4, -0.2) is 52.5 Å². The predicted octanol–water partition coefficient (Wildman–Crippen LogP) is 18.5. The predicted molar refractivity (Wildman–Crippen MR) is 357 cm³/mol. The molecule has 13 aromatic rings. The third-order valence-corrected chi connectivity index (χ3v) is 14.6. The van der Waals surface area contributed by atoms with Crippen LogP contribution in [0.1, 0.15) is 51.2 Å². The number of hydrogen-bond donors (Lipinski definition) is 2. The number of rotatable bonds is 6. The third kappa shape index (κ3) is 18.7. The van der Waals surface area contributed by atoms with Crippen LogP contribution in [0.15, 0.2) is 272 Å². The fraction of sp³-hybridized carbons (Fsp3) is 0.0886. The number of alkyl halides is 2. The summed E-state index contributed by atoms with van der Waals surface area (Å²) in [6.07, 6.45) is 8.01. The monoisotopic (exact) mass is 1970 g/mol. The normalized spacial score (nSPS) is 12.1. The van der Waals surface area contributed by atoms with Crippen molar-refractivity contribution in [3.63, 3.8) is 0 Å².